The van der Waals surface area contributed by atoms with Crippen LogP contribution in [-0.2, 0) is 0 Å². The minimum Gasteiger partial charge on any atom is -0.369 e. The molecule has 3 heterocycles. The van der Waals surface area contributed by atoms with Crippen molar-refractivity contribution in [2.75, 3.05) is 64.6 Å². The van der Waals surface area contributed by atoms with E-state index < -0.39 is 0 Å². The van der Waals surface area contributed by atoms with E-state index in [1.807, 2.05) is 19.0 Å². The SMILES string of the molecule is CN(C)c1nc2ncnc(NCCCN3CCC(N(C)C)CC3)c2s1. The van der Waals surface area contributed by atoms with Crippen LogP contribution in [0.3, 0.4) is 0 Å². The Labute approximate surface area is 154 Å². The van der Waals surface area contributed by atoms with Crippen molar-refractivity contribution in [2.24, 2.45) is 0 Å². The highest BCUT2D eigenvalue weighted by Crippen LogP contribution is 2.30. The molecule has 1 saturated heterocycles. The Balaban J connectivity index is 1.47. The smallest absolute Gasteiger partial charge is 0.187 e. The number of hydrogen-bond acceptors (Lipinski definition) is 8. The van der Waals surface area contributed by atoms with E-state index in [-0.39, 0.29) is 0 Å². The van der Waals surface area contributed by atoms with Crippen LogP contribution in [0.15, 0.2) is 6.33 Å². The molecule has 2 aromatic heterocycles. The highest BCUT2D eigenvalue weighted by molar-refractivity contribution is 7.22. The zero-order valence-corrected chi connectivity index (χ0v) is 16.5. The van der Waals surface area contributed by atoms with Gasteiger partial charge in [-0.25, -0.2) is 9.97 Å². The van der Waals surface area contributed by atoms with Crippen molar-refractivity contribution in [1.82, 2.24) is 24.8 Å². The lowest BCUT2D eigenvalue weighted by molar-refractivity contribution is 0.145. The summed E-state index contributed by atoms with van der Waals surface area (Å²) in [6.07, 6.45) is 5.27. The summed E-state index contributed by atoms with van der Waals surface area (Å²) in [6.45, 7) is 4.49. The van der Waals surface area contributed by atoms with Gasteiger partial charge in [0.25, 0.3) is 0 Å². The quantitative estimate of drug-likeness (QED) is 0.755. The number of aromatic nitrogens is 3. The summed E-state index contributed by atoms with van der Waals surface area (Å²) in [4.78, 5) is 20.2. The van der Waals surface area contributed by atoms with Crippen LogP contribution < -0.4 is 10.2 Å². The van der Waals surface area contributed by atoms with Gasteiger partial charge in [0.15, 0.2) is 10.8 Å². The molecule has 0 saturated carbocycles. The second-order valence-corrected chi connectivity index (χ2v) is 8.06. The molecule has 1 aliphatic rings. The number of piperidine rings is 1. The Bertz CT molecular complexity index is 677. The van der Waals surface area contributed by atoms with Gasteiger partial charge in [-0.3, -0.25) is 0 Å². The molecule has 0 radical (unpaired) electrons. The average molecular weight is 364 g/mol. The third-order valence-electron chi connectivity index (χ3n) is 4.79. The van der Waals surface area contributed by atoms with Crippen molar-refractivity contribution in [3.05, 3.63) is 6.33 Å². The van der Waals surface area contributed by atoms with Crippen LogP contribution in [0, 0.1) is 0 Å². The molecular formula is C17H29N7S. The molecule has 1 aliphatic heterocycles. The van der Waals surface area contributed by atoms with Gasteiger partial charge in [-0.1, -0.05) is 11.3 Å². The van der Waals surface area contributed by atoms with Crippen LogP contribution in [-0.4, -0.2) is 85.2 Å². The Morgan fingerprint density at radius 1 is 1.20 bits per heavy atom. The predicted molar refractivity (Wildman–Crippen MR) is 106 cm³/mol. The highest BCUT2D eigenvalue weighted by atomic mass is 32.1. The summed E-state index contributed by atoms with van der Waals surface area (Å²) in [5.74, 6) is 0.905. The molecule has 0 aliphatic carbocycles. The monoisotopic (exact) mass is 363 g/mol. The zero-order chi connectivity index (χ0) is 17.8. The number of anilines is 2. The molecule has 1 fully saturated rings. The first-order chi connectivity index (χ1) is 12.0. The van der Waals surface area contributed by atoms with Gasteiger partial charge in [-0.15, -0.1) is 0 Å². The molecule has 7 nitrogen and oxygen atoms in total. The van der Waals surface area contributed by atoms with Crippen LogP contribution >= 0.6 is 11.3 Å². The molecule has 0 unspecified atom stereocenters. The van der Waals surface area contributed by atoms with E-state index in [1.54, 1.807) is 17.7 Å². The van der Waals surface area contributed by atoms with Gasteiger partial charge in [0.2, 0.25) is 0 Å². The molecule has 8 heteroatoms. The van der Waals surface area contributed by atoms with Crippen molar-refractivity contribution in [1.29, 1.82) is 0 Å². The van der Waals surface area contributed by atoms with Crippen LogP contribution in [0.4, 0.5) is 10.9 Å². The molecule has 0 atom stereocenters. The van der Waals surface area contributed by atoms with Gasteiger partial charge >= 0.3 is 0 Å². The number of likely N-dealkylation sites (tertiary alicyclic amines) is 1. The summed E-state index contributed by atoms with van der Waals surface area (Å²) < 4.78 is 1.04. The van der Waals surface area contributed by atoms with Crippen LogP contribution in [0.2, 0.25) is 0 Å². The van der Waals surface area contributed by atoms with E-state index in [0.717, 1.165) is 46.8 Å². The van der Waals surface area contributed by atoms with Gasteiger partial charge in [0, 0.05) is 26.7 Å². The molecule has 25 heavy (non-hydrogen) atoms. The third-order valence-corrected chi connectivity index (χ3v) is 6.01. The molecular weight excluding hydrogens is 334 g/mol. The lowest BCUT2D eigenvalue weighted by Crippen LogP contribution is -2.42. The maximum absolute atomic E-state index is 4.54. The summed E-state index contributed by atoms with van der Waals surface area (Å²) in [5.41, 5.74) is 0.775. The van der Waals surface area contributed by atoms with Gasteiger partial charge in [0.05, 0.1) is 0 Å². The van der Waals surface area contributed by atoms with Gasteiger partial charge in [-0.2, -0.15) is 4.98 Å². The molecule has 0 aromatic carbocycles. The third kappa shape index (κ3) is 4.56. The van der Waals surface area contributed by atoms with Crippen LogP contribution in [0.25, 0.3) is 10.3 Å². The standard InChI is InChI=1S/C17H29N7S/c1-22(2)13-6-10-24(11-7-13)9-5-8-18-15-14-16(20-12-19-15)21-17(25-14)23(3)4/h12-13H,5-11H2,1-4H3,(H,18,19,20). The fourth-order valence-corrected chi connectivity index (χ4v) is 4.14. The Kier molecular flexibility index (Phi) is 6.03. The summed E-state index contributed by atoms with van der Waals surface area (Å²) in [7, 11) is 8.37. The van der Waals surface area contributed by atoms with Gasteiger partial charge < -0.3 is 20.0 Å². The average Bonchev–Trinajstić information content (AvgIpc) is 3.04. The Morgan fingerprint density at radius 2 is 1.96 bits per heavy atom. The van der Waals surface area contributed by atoms with E-state index in [4.69, 9.17) is 0 Å². The lowest BCUT2D eigenvalue weighted by Gasteiger charge is -2.35. The first-order valence-corrected chi connectivity index (χ1v) is 9.77. The maximum Gasteiger partial charge on any atom is 0.187 e. The number of rotatable bonds is 7. The van der Waals surface area contributed by atoms with E-state index in [1.165, 1.54) is 25.9 Å². The number of fused-ring (bicyclic) bond motifs is 1. The van der Waals surface area contributed by atoms with E-state index in [0.29, 0.717) is 0 Å². The Hall–Kier alpha value is -1.51. The number of nitrogens with zero attached hydrogens (tertiary/aromatic N) is 6. The molecule has 1 N–H and O–H groups in total. The topological polar surface area (TPSA) is 60.4 Å². The molecule has 3 rings (SSSR count). The number of nitrogens with one attached hydrogen (secondary N) is 1. The predicted octanol–water partition coefficient (Wildman–Crippen LogP) is 1.98. The van der Waals surface area contributed by atoms with E-state index >= 15 is 0 Å². The summed E-state index contributed by atoms with van der Waals surface area (Å²) >= 11 is 1.63. The lowest BCUT2D eigenvalue weighted by atomic mass is 10.0. The van der Waals surface area contributed by atoms with Crippen molar-refractivity contribution >= 4 is 32.6 Å². The second-order valence-electron chi connectivity index (χ2n) is 7.08. The zero-order valence-electron chi connectivity index (χ0n) is 15.7. The van der Waals surface area contributed by atoms with E-state index in [9.17, 15) is 0 Å². The van der Waals surface area contributed by atoms with Crippen molar-refractivity contribution in [2.45, 2.75) is 25.3 Å². The Morgan fingerprint density at radius 3 is 2.64 bits per heavy atom. The second kappa shape index (κ2) is 8.25. The number of hydrogen-bond donors (Lipinski definition) is 1. The molecule has 0 spiro atoms. The first-order valence-electron chi connectivity index (χ1n) is 8.96. The molecule has 2 aromatic rings. The van der Waals surface area contributed by atoms with Gasteiger partial charge in [-0.05, 0) is 53.0 Å². The fraction of sp³-hybridized carbons (Fsp3) is 0.706. The molecule has 138 valence electrons. The first kappa shape index (κ1) is 18.3. The van der Waals surface area contributed by atoms with Crippen LogP contribution in [0.1, 0.15) is 19.3 Å². The minimum atomic E-state index is 0.751. The maximum atomic E-state index is 4.54. The number of thiazole rings is 1. The highest BCUT2D eigenvalue weighted by Gasteiger charge is 2.20. The van der Waals surface area contributed by atoms with E-state index in [2.05, 4.69) is 44.2 Å². The van der Waals surface area contributed by atoms with Crippen molar-refractivity contribution in [3.63, 3.8) is 0 Å². The molecule has 0 bridgehead atoms. The molecule has 0 amide bonds. The fourth-order valence-electron chi connectivity index (χ4n) is 3.23. The van der Waals surface area contributed by atoms with Crippen molar-refractivity contribution in [3.8, 4) is 0 Å². The summed E-state index contributed by atoms with van der Waals surface area (Å²) in [5, 5.41) is 4.43. The van der Waals surface area contributed by atoms with Crippen LogP contribution in [0.5, 0.6) is 0 Å². The largest absolute Gasteiger partial charge is 0.369 e. The van der Waals surface area contributed by atoms with Gasteiger partial charge in [0.1, 0.15) is 16.8 Å². The minimum absolute atomic E-state index is 0.751. The van der Waals surface area contributed by atoms with Crippen molar-refractivity contribution < 1.29 is 0 Å². The summed E-state index contributed by atoms with van der Waals surface area (Å²) in [6, 6.07) is 0.751. The normalized spacial score (nSPS) is 16.7.